The molecule has 0 spiro atoms. The topological polar surface area (TPSA) is 50.5 Å². The number of amides is 1. The molecule has 0 saturated carbocycles. The van der Waals surface area contributed by atoms with Gasteiger partial charge >= 0.3 is 0 Å². The molecule has 30 heavy (non-hydrogen) atoms. The van der Waals surface area contributed by atoms with Crippen molar-refractivity contribution < 1.29 is 9.21 Å². The lowest BCUT2D eigenvalue weighted by Crippen LogP contribution is -2.29. The summed E-state index contributed by atoms with van der Waals surface area (Å²) in [6.45, 7) is 0. The monoisotopic (exact) mass is 499 g/mol. The molecular weight excluding hydrogens is 489 g/mol. The van der Waals surface area contributed by atoms with E-state index in [2.05, 4.69) is 15.9 Å². The van der Waals surface area contributed by atoms with Crippen molar-refractivity contribution in [1.29, 1.82) is 0 Å². The average molecular weight is 501 g/mol. The van der Waals surface area contributed by atoms with Crippen molar-refractivity contribution in [3.8, 4) is 0 Å². The zero-order chi connectivity index (χ0) is 21.0. The molecule has 0 N–H and O–H groups in total. The molecule has 0 radical (unpaired) electrons. The Hall–Kier alpha value is -2.60. The Balaban J connectivity index is 1.81. The number of fused-ring (bicyclic) bond motifs is 2. The van der Waals surface area contributed by atoms with Gasteiger partial charge in [-0.15, -0.1) is 0 Å². The van der Waals surface area contributed by atoms with Crippen LogP contribution in [0.15, 0.2) is 80.4 Å². The first-order valence-electron chi connectivity index (χ1n) is 9.05. The summed E-state index contributed by atoms with van der Waals surface area (Å²) in [4.78, 5) is 28.5. The summed E-state index contributed by atoms with van der Waals surface area (Å²) in [7, 11) is 0. The van der Waals surface area contributed by atoms with Crippen molar-refractivity contribution in [2.45, 2.75) is 6.04 Å². The average Bonchev–Trinajstić information content (AvgIpc) is 3.03. The number of benzene rings is 3. The number of carbonyl (C=O) groups is 1. The number of nitrogens with zero attached hydrogens (tertiary/aromatic N) is 1. The molecule has 1 atom stereocenters. The lowest BCUT2D eigenvalue weighted by molar-refractivity contribution is 0.0971. The van der Waals surface area contributed by atoms with E-state index in [1.807, 2.05) is 36.4 Å². The van der Waals surface area contributed by atoms with Crippen molar-refractivity contribution in [2.75, 3.05) is 4.90 Å². The van der Waals surface area contributed by atoms with Gasteiger partial charge in [0.15, 0.2) is 5.43 Å². The molecule has 2 heterocycles. The fourth-order valence-corrected chi connectivity index (χ4v) is 4.34. The Morgan fingerprint density at radius 2 is 1.53 bits per heavy atom. The van der Waals surface area contributed by atoms with Crippen molar-refractivity contribution >= 4 is 61.7 Å². The summed E-state index contributed by atoms with van der Waals surface area (Å²) in [5.74, 6) is -0.334. The standard InChI is InChI=1S/C23H12BrCl2NO3/c24-13-3-8-16(9-4-13)27-20(12-1-5-14(25)6-2-12)19-21(28)17-11-15(26)7-10-18(17)30-22(19)23(27)29/h1-11,20H. The molecule has 1 aromatic heterocycles. The van der Waals surface area contributed by atoms with Gasteiger partial charge in [0, 0.05) is 20.2 Å². The first kappa shape index (κ1) is 19.4. The lowest BCUT2D eigenvalue weighted by Gasteiger charge is -2.25. The number of anilines is 1. The zero-order valence-electron chi connectivity index (χ0n) is 15.2. The SMILES string of the molecule is O=C1c2oc3ccc(Cl)cc3c(=O)c2C(c2ccc(Cl)cc2)N1c1ccc(Br)cc1. The van der Waals surface area contributed by atoms with Crippen LogP contribution in [0.2, 0.25) is 10.0 Å². The van der Waals surface area contributed by atoms with E-state index in [4.69, 9.17) is 27.6 Å². The van der Waals surface area contributed by atoms with E-state index >= 15 is 0 Å². The third-order valence-corrected chi connectivity index (χ3v) is 6.14. The Morgan fingerprint density at radius 1 is 0.867 bits per heavy atom. The maximum absolute atomic E-state index is 13.5. The number of hydrogen-bond donors (Lipinski definition) is 0. The highest BCUT2D eigenvalue weighted by Gasteiger charge is 2.43. The first-order valence-corrected chi connectivity index (χ1v) is 10.6. The van der Waals surface area contributed by atoms with Crippen LogP contribution < -0.4 is 10.3 Å². The molecule has 0 fully saturated rings. The van der Waals surface area contributed by atoms with Gasteiger partial charge in [0.1, 0.15) is 5.58 Å². The van der Waals surface area contributed by atoms with Crippen LogP contribution in [-0.2, 0) is 0 Å². The molecule has 0 aliphatic carbocycles. The van der Waals surface area contributed by atoms with Crippen LogP contribution in [0, 0.1) is 0 Å². The summed E-state index contributed by atoms with van der Waals surface area (Å²) in [6.07, 6.45) is 0. The second-order valence-corrected chi connectivity index (χ2v) is 8.71. The van der Waals surface area contributed by atoms with Gasteiger partial charge in [-0.25, -0.2) is 0 Å². The predicted molar refractivity (Wildman–Crippen MR) is 122 cm³/mol. The molecule has 7 heteroatoms. The third-order valence-electron chi connectivity index (χ3n) is 5.12. The normalized spacial score (nSPS) is 15.6. The summed E-state index contributed by atoms with van der Waals surface area (Å²) in [5, 5.41) is 1.33. The number of hydrogen-bond acceptors (Lipinski definition) is 3. The maximum Gasteiger partial charge on any atom is 0.295 e. The second-order valence-electron chi connectivity index (χ2n) is 6.92. The highest BCUT2D eigenvalue weighted by molar-refractivity contribution is 9.10. The van der Waals surface area contributed by atoms with E-state index in [0.717, 1.165) is 10.0 Å². The van der Waals surface area contributed by atoms with Crippen molar-refractivity contribution in [3.05, 3.63) is 108 Å². The molecule has 1 unspecified atom stereocenters. The molecule has 3 aromatic carbocycles. The van der Waals surface area contributed by atoms with Crippen LogP contribution in [-0.4, -0.2) is 5.91 Å². The number of halogens is 3. The molecule has 4 aromatic rings. The van der Waals surface area contributed by atoms with Gasteiger partial charge in [0.05, 0.1) is 17.0 Å². The summed E-state index contributed by atoms with van der Waals surface area (Å²) in [6, 6.07) is 18.6. The van der Waals surface area contributed by atoms with Crippen molar-refractivity contribution in [2.24, 2.45) is 0 Å². The zero-order valence-corrected chi connectivity index (χ0v) is 18.3. The summed E-state index contributed by atoms with van der Waals surface area (Å²) >= 11 is 15.6. The van der Waals surface area contributed by atoms with Gasteiger partial charge in [-0.3, -0.25) is 14.5 Å². The Kier molecular flexibility index (Phi) is 4.69. The minimum atomic E-state index is -0.648. The molecule has 1 aliphatic heterocycles. The van der Waals surface area contributed by atoms with Gasteiger partial charge in [-0.1, -0.05) is 51.3 Å². The van der Waals surface area contributed by atoms with Gasteiger partial charge < -0.3 is 4.42 Å². The maximum atomic E-state index is 13.5. The largest absolute Gasteiger partial charge is 0.450 e. The van der Waals surface area contributed by atoms with Crippen LogP contribution in [0.5, 0.6) is 0 Å². The quantitative estimate of drug-likeness (QED) is 0.311. The molecule has 5 rings (SSSR count). The van der Waals surface area contributed by atoms with Gasteiger partial charge in [-0.2, -0.15) is 0 Å². The Labute approximate surface area is 189 Å². The van der Waals surface area contributed by atoms with E-state index < -0.39 is 6.04 Å². The summed E-state index contributed by atoms with van der Waals surface area (Å²) in [5.41, 5.74) is 1.74. The smallest absolute Gasteiger partial charge is 0.295 e. The first-order chi connectivity index (χ1) is 14.4. The van der Waals surface area contributed by atoms with E-state index in [1.165, 1.54) is 0 Å². The highest BCUT2D eigenvalue weighted by atomic mass is 79.9. The van der Waals surface area contributed by atoms with Crippen LogP contribution in [0.25, 0.3) is 11.0 Å². The summed E-state index contributed by atoms with van der Waals surface area (Å²) < 4.78 is 6.80. The predicted octanol–water partition coefficient (Wildman–Crippen LogP) is 6.61. The van der Waals surface area contributed by atoms with Crippen molar-refractivity contribution in [1.82, 2.24) is 0 Å². The van der Waals surface area contributed by atoms with Crippen LogP contribution in [0.3, 0.4) is 0 Å². The highest BCUT2D eigenvalue weighted by Crippen LogP contribution is 2.41. The van der Waals surface area contributed by atoms with E-state index in [1.54, 1.807) is 35.2 Å². The Morgan fingerprint density at radius 3 is 2.23 bits per heavy atom. The second kappa shape index (κ2) is 7.27. The van der Waals surface area contributed by atoms with E-state index in [-0.39, 0.29) is 17.1 Å². The van der Waals surface area contributed by atoms with Crippen LogP contribution >= 0.6 is 39.1 Å². The number of rotatable bonds is 2. The van der Waals surface area contributed by atoms with E-state index in [0.29, 0.717) is 32.3 Å². The fourth-order valence-electron chi connectivity index (χ4n) is 3.77. The third kappa shape index (κ3) is 3.05. The molecule has 1 amide bonds. The molecule has 1 aliphatic rings. The molecule has 4 nitrogen and oxygen atoms in total. The van der Waals surface area contributed by atoms with E-state index in [9.17, 15) is 9.59 Å². The number of carbonyl (C=O) groups excluding carboxylic acids is 1. The van der Waals surface area contributed by atoms with Gasteiger partial charge in [-0.05, 0) is 60.2 Å². The van der Waals surface area contributed by atoms with Crippen molar-refractivity contribution in [3.63, 3.8) is 0 Å². The lowest BCUT2D eigenvalue weighted by atomic mass is 9.98. The Bertz CT molecular complexity index is 1360. The van der Waals surface area contributed by atoms with Crippen LogP contribution in [0.1, 0.15) is 27.7 Å². The molecule has 0 saturated heterocycles. The molecule has 148 valence electrons. The van der Waals surface area contributed by atoms with Gasteiger partial charge in [0.2, 0.25) is 5.76 Å². The molecule has 0 bridgehead atoms. The molecular formula is C23H12BrCl2NO3. The minimum absolute atomic E-state index is 0.0395. The van der Waals surface area contributed by atoms with Crippen LogP contribution in [0.4, 0.5) is 5.69 Å². The fraction of sp³-hybridized carbons (Fsp3) is 0.0435. The van der Waals surface area contributed by atoms with Gasteiger partial charge in [0.25, 0.3) is 5.91 Å². The minimum Gasteiger partial charge on any atom is -0.450 e.